The number of hydrogen-bond acceptors (Lipinski definition) is 6. The summed E-state index contributed by atoms with van der Waals surface area (Å²) in [6.07, 6.45) is 4.23. The molecule has 3 aromatic rings. The van der Waals surface area contributed by atoms with Gasteiger partial charge in [-0.2, -0.15) is 0 Å². The number of carbonyl (C=O) groups is 1. The van der Waals surface area contributed by atoms with E-state index in [-0.39, 0.29) is 16.6 Å². The molecule has 0 radical (unpaired) electrons. The first-order valence-corrected chi connectivity index (χ1v) is 10.3. The van der Waals surface area contributed by atoms with Crippen molar-refractivity contribution in [2.24, 2.45) is 5.92 Å². The van der Waals surface area contributed by atoms with E-state index in [2.05, 4.69) is 6.92 Å². The fourth-order valence-corrected chi connectivity index (χ4v) is 3.48. The monoisotopic (exact) mass is 438 g/mol. The van der Waals surface area contributed by atoms with Crippen LogP contribution in [0.4, 0.5) is 0 Å². The molecule has 0 amide bonds. The zero-order valence-electron chi connectivity index (χ0n) is 18.3. The summed E-state index contributed by atoms with van der Waals surface area (Å²) in [5.41, 5.74) is 1.65. The van der Waals surface area contributed by atoms with Crippen LogP contribution in [0.15, 0.2) is 51.7 Å². The molecular formula is C25H26O7. The fraction of sp³-hybridized carbons (Fsp3) is 0.280. The molecule has 1 aliphatic heterocycles. The first kappa shape index (κ1) is 22.9. The Hall–Kier alpha value is -3.74. The lowest BCUT2D eigenvalue weighted by atomic mass is 10.00. The van der Waals surface area contributed by atoms with Crippen LogP contribution in [0.25, 0.3) is 17.0 Å². The van der Waals surface area contributed by atoms with Crippen LogP contribution in [0.5, 0.6) is 17.2 Å². The molecule has 0 aliphatic carbocycles. The zero-order valence-corrected chi connectivity index (χ0v) is 18.3. The molecule has 0 saturated heterocycles. The van der Waals surface area contributed by atoms with Crippen molar-refractivity contribution in [3.8, 4) is 17.2 Å². The van der Waals surface area contributed by atoms with E-state index < -0.39 is 5.97 Å². The Bertz CT molecular complexity index is 1210. The van der Waals surface area contributed by atoms with E-state index >= 15 is 0 Å². The quantitative estimate of drug-likeness (QED) is 0.577. The number of phenolic OH excluding ortho intramolecular Hbond substituents is 1. The maximum Gasteiger partial charge on any atom is 0.328 e. The first-order valence-electron chi connectivity index (χ1n) is 10.3. The third-order valence-electron chi connectivity index (χ3n) is 5.14. The average Bonchev–Trinajstić information content (AvgIpc) is 2.94. The first-order chi connectivity index (χ1) is 15.3. The Morgan fingerprint density at radius 2 is 2.00 bits per heavy atom. The minimum Gasteiger partial charge on any atom is -0.507 e. The van der Waals surface area contributed by atoms with Gasteiger partial charge in [-0.3, -0.25) is 4.79 Å². The number of benzene rings is 2. The van der Waals surface area contributed by atoms with Crippen molar-refractivity contribution in [3.05, 3.63) is 69.6 Å². The lowest BCUT2D eigenvalue weighted by molar-refractivity contribution is -0.131. The largest absolute Gasteiger partial charge is 0.507 e. The number of hydrogen-bond donors (Lipinski definition) is 2. The van der Waals surface area contributed by atoms with Crippen LogP contribution in [-0.2, 0) is 11.2 Å². The maximum atomic E-state index is 12.0. The highest BCUT2D eigenvalue weighted by atomic mass is 16.5. The summed E-state index contributed by atoms with van der Waals surface area (Å²) >= 11 is 0. The smallest absolute Gasteiger partial charge is 0.328 e. The SMILES string of the molecule is COc1ccccc1C=CC(=O)O.Cc1cc(=O)c2c(O)c3c(cc2o1)OCC(C)CC3. The Morgan fingerprint density at radius 3 is 2.72 bits per heavy atom. The molecule has 1 aromatic heterocycles. The molecule has 1 unspecified atom stereocenters. The summed E-state index contributed by atoms with van der Waals surface area (Å²) in [5, 5.41) is 19.0. The molecule has 7 nitrogen and oxygen atoms in total. The molecule has 0 spiro atoms. The number of methoxy groups -OCH3 is 1. The second kappa shape index (κ2) is 10.0. The fourth-order valence-electron chi connectivity index (χ4n) is 3.48. The van der Waals surface area contributed by atoms with E-state index in [0.29, 0.717) is 47.4 Å². The lowest BCUT2D eigenvalue weighted by Gasteiger charge is -2.11. The molecule has 2 N–H and O–H groups in total. The van der Waals surface area contributed by atoms with Crippen LogP contribution in [0, 0.1) is 12.8 Å². The highest BCUT2D eigenvalue weighted by Crippen LogP contribution is 2.38. The number of aliphatic carboxylic acids is 1. The normalized spacial score (nSPS) is 15.3. The third kappa shape index (κ3) is 5.29. The second-order valence-corrected chi connectivity index (χ2v) is 7.66. The highest BCUT2D eigenvalue weighted by molar-refractivity contribution is 5.87. The van der Waals surface area contributed by atoms with Crippen LogP contribution >= 0.6 is 0 Å². The Labute approximate surface area is 185 Å². The van der Waals surface area contributed by atoms with Crippen molar-refractivity contribution in [1.82, 2.24) is 0 Å². The maximum absolute atomic E-state index is 12.0. The number of ether oxygens (including phenoxy) is 2. The van der Waals surface area contributed by atoms with Gasteiger partial charge in [-0.05, 0) is 37.8 Å². The van der Waals surface area contributed by atoms with Gasteiger partial charge in [-0.25, -0.2) is 4.79 Å². The summed E-state index contributed by atoms with van der Waals surface area (Å²) in [4.78, 5) is 22.2. The third-order valence-corrected chi connectivity index (χ3v) is 5.14. The van der Waals surface area contributed by atoms with E-state index in [9.17, 15) is 14.7 Å². The molecule has 2 aromatic carbocycles. The molecule has 32 heavy (non-hydrogen) atoms. The van der Waals surface area contributed by atoms with Gasteiger partial charge in [0.25, 0.3) is 0 Å². The molecule has 0 fully saturated rings. The molecule has 7 heteroatoms. The summed E-state index contributed by atoms with van der Waals surface area (Å²) in [6.45, 7) is 4.44. The minimum absolute atomic E-state index is 0.00958. The van der Waals surface area contributed by atoms with Crippen molar-refractivity contribution in [2.45, 2.75) is 26.7 Å². The van der Waals surface area contributed by atoms with Crippen molar-refractivity contribution >= 4 is 23.0 Å². The van der Waals surface area contributed by atoms with Crippen LogP contribution in [0.3, 0.4) is 0 Å². The van der Waals surface area contributed by atoms with Gasteiger partial charge in [0.05, 0.1) is 13.7 Å². The zero-order chi connectivity index (χ0) is 23.3. The lowest BCUT2D eigenvalue weighted by Crippen LogP contribution is -2.05. The molecule has 0 bridgehead atoms. The minimum atomic E-state index is -0.967. The van der Waals surface area contributed by atoms with E-state index in [1.165, 1.54) is 12.1 Å². The van der Waals surface area contributed by atoms with Crippen LogP contribution in [0.2, 0.25) is 0 Å². The molecule has 1 atom stereocenters. The summed E-state index contributed by atoms with van der Waals surface area (Å²) in [7, 11) is 1.55. The number of phenols is 1. The van der Waals surface area contributed by atoms with Crippen LogP contribution < -0.4 is 14.9 Å². The Balaban J connectivity index is 0.000000195. The average molecular weight is 438 g/mol. The van der Waals surface area contributed by atoms with E-state index in [4.69, 9.17) is 19.0 Å². The van der Waals surface area contributed by atoms with Crippen molar-refractivity contribution in [3.63, 3.8) is 0 Å². The van der Waals surface area contributed by atoms with E-state index in [1.807, 2.05) is 12.1 Å². The Morgan fingerprint density at radius 1 is 1.25 bits per heavy atom. The Kier molecular flexibility index (Phi) is 7.20. The van der Waals surface area contributed by atoms with Gasteiger partial charge in [0, 0.05) is 29.3 Å². The standard InChI is InChI=1S/C15H16O4.C10H10O3/c1-8-3-4-10-12(18-7-8)6-13-14(15(10)17)11(16)5-9(2)19-13;1-13-9-5-3-2-4-8(9)6-7-10(11)12/h5-6,8,17H,3-4,7H2,1-2H3;2-7H,1H3,(H,11,12). The van der Waals surface area contributed by atoms with Gasteiger partial charge in [-0.1, -0.05) is 25.1 Å². The molecule has 0 saturated carbocycles. The van der Waals surface area contributed by atoms with Crippen LogP contribution in [0.1, 0.15) is 30.2 Å². The predicted molar refractivity (Wildman–Crippen MR) is 122 cm³/mol. The van der Waals surface area contributed by atoms with Gasteiger partial charge in [0.2, 0.25) is 0 Å². The van der Waals surface area contributed by atoms with Gasteiger partial charge in [0.15, 0.2) is 5.43 Å². The van der Waals surface area contributed by atoms with Crippen molar-refractivity contribution < 1.29 is 28.9 Å². The van der Waals surface area contributed by atoms with Gasteiger partial charge < -0.3 is 24.1 Å². The number of aryl methyl sites for hydroxylation is 1. The second-order valence-electron chi connectivity index (χ2n) is 7.66. The molecular weight excluding hydrogens is 412 g/mol. The van der Waals surface area contributed by atoms with Crippen molar-refractivity contribution in [2.75, 3.05) is 13.7 Å². The summed E-state index contributed by atoms with van der Waals surface area (Å²) in [6, 6.07) is 10.3. The summed E-state index contributed by atoms with van der Waals surface area (Å²) in [5.74, 6) is 1.29. The highest BCUT2D eigenvalue weighted by Gasteiger charge is 2.21. The summed E-state index contributed by atoms with van der Waals surface area (Å²) < 4.78 is 16.3. The van der Waals surface area contributed by atoms with E-state index in [1.54, 1.807) is 32.2 Å². The van der Waals surface area contributed by atoms with Crippen molar-refractivity contribution in [1.29, 1.82) is 0 Å². The number of carboxylic acids is 1. The van der Waals surface area contributed by atoms with E-state index in [0.717, 1.165) is 18.1 Å². The predicted octanol–water partition coefficient (Wildman–Crippen LogP) is 4.56. The number of rotatable bonds is 3. The molecule has 168 valence electrons. The molecule has 1 aliphatic rings. The van der Waals surface area contributed by atoms with Gasteiger partial charge in [0.1, 0.15) is 34.0 Å². The molecule has 4 rings (SSSR count). The van der Waals surface area contributed by atoms with Crippen LogP contribution in [-0.4, -0.2) is 29.9 Å². The number of carboxylic acid groups (broad SMARTS) is 1. The topological polar surface area (TPSA) is 106 Å². The van der Waals surface area contributed by atoms with Gasteiger partial charge >= 0.3 is 5.97 Å². The molecule has 2 heterocycles. The number of aromatic hydroxyl groups is 1. The number of para-hydroxylation sites is 1. The number of fused-ring (bicyclic) bond motifs is 2. The van der Waals surface area contributed by atoms with Gasteiger partial charge in [-0.15, -0.1) is 0 Å².